The molecule has 0 unspecified atom stereocenters. The minimum atomic E-state index is -0.221. The third-order valence-electron chi connectivity index (χ3n) is 3.03. The molecule has 0 fully saturated rings. The molecule has 0 radical (unpaired) electrons. The monoisotopic (exact) mass is 421 g/mol. The number of ether oxygens (including phenoxy) is 1. The molecule has 0 atom stereocenters. The highest BCUT2D eigenvalue weighted by atomic mass is 35.5. The SMILES string of the molecule is CC(C)OCCCNC(=O)c1csc(Nc2cc(Cl)c(Cl)c(Cl)c2)n1. The van der Waals surface area contributed by atoms with Gasteiger partial charge in [0, 0.05) is 24.2 Å². The smallest absolute Gasteiger partial charge is 0.270 e. The van der Waals surface area contributed by atoms with Crippen LogP contribution in [0.4, 0.5) is 10.8 Å². The number of rotatable bonds is 8. The van der Waals surface area contributed by atoms with Crippen LogP contribution in [0.2, 0.25) is 15.1 Å². The number of anilines is 2. The summed E-state index contributed by atoms with van der Waals surface area (Å²) in [6, 6.07) is 3.29. The first-order valence-electron chi connectivity index (χ1n) is 7.63. The van der Waals surface area contributed by atoms with Crippen LogP contribution >= 0.6 is 46.1 Å². The molecule has 1 heterocycles. The summed E-state index contributed by atoms with van der Waals surface area (Å²) in [5.41, 5.74) is 0.995. The number of aromatic nitrogens is 1. The van der Waals surface area contributed by atoms with E-state index in [1.54, 1.807) is 17.5 Å². The Morgan fingerprint density at radius 2 is 1.96 bits per heavy atom. The average molecular weight is 423 g/mol. The van der Waals surface area contributed by atoms with Crippen molar-refractivity contribution in [1.82, 2.24) is 10.3 Å². The molecule has 1 aromatic heterocycles. The highest BCUT2D eigenvalue weighted by Crippen LogP contribution is 2.34. The minimum Gasteiger partial charge on any atom is -0.379 e. The number of nitrogens with one attached hydrogen (secondary N) is 2. The van der Waals surface area contributed by atoms with Gasteiger partial charge in [-0.3, -0.25) is 4.79 Å². The lowest BCUT2D eigenvalue weighted by Gasteiger charge is -2.07. The van der Waals surface area contributed by atoms with Gasteiger partial charge in [0.2, 0.25) is 0 Å². The molecular weight excluding hydrogens is 405 g/mol. The van der Waals surface area contributed by atoms with Crippen molar-refractivity contribution < 1.29 is 9.53 Å². The fraction of sp³-hybridized carbons (Fsp3) is 0.375. The maximum atomic E-state index is 12.1. The van der Waals surface area contributed by atoms with Crippen molar-refractivity contribution in [3.63, 3.8) is 0 Å². The molecule has 0 aliphatic heterocycles. The number of amides is 1. The highest BCUT2D eigenvalue weighted by Gasteiger charge is 2.12. The number of hydrogen-bond donors (Lipinski definition) is 2. The molecule has 2 aromatic rings. The first-order chi connectivity index (χ1) is 11.9. The van der Waals surface area contributed by atoms with E-state index in [0.717, 1.165) is 6.42 Å². The van der Waals surface area contributed by atoms with Crippen LogP contribution in [0.5, 0.6) is 0 Å². The lowest BCUT2D eigenvalue weighted by atomic mass is 10.3. The average Bonchev–Trinajstić information content (AvgIpc) is 3.00. The predicted molar refractivity (Wildman–Crippen MR) is 105 cm³/mol. The summed E-state index contributed by atoms with van der Waals surface area (Å²) in [4.78, 5) is 16.3. The van der Waals surface area contributed by atoms with Crippen molar-refractivity contribution in [3.05, 3.63) is 38.3 Å². The zero-order valence-corrected chi connectivity index (χ0v) is 16.8. The third kappa shape index (κ3) is 6.31. The molecule has 0 bridgehead atoms. The van der Waals surface area contributed by atoms with Gasteiger partial charge < -0.3 is 15.4 Å². The number of benzene rings is 1. The summed E-state index contributed by atoms with van der Waals surface area (Å²) < 4.78 is 5.42. The predicted octanol–water partition coefficient (Wildman–Crippen LogP) is 5.39. The van der Waals surface area contributed by atoms with Crippen LogP contribution in [0.1, 0.15) is 30.8 Å². The Balaban J connectivity index is 1.88. The molecule has 1 aromatic carbocycles. The lowest BCUT2D eigenvalue weighted by molar-refractivity contribution is 0.0756. The first kappa shape index (κ1) is 20.3. The van der Waals surface area contributed by atoms with E-state index in [-0.39, 0.29) is 12.0 Å². The summed E-state index contributed by atoms with van der Waals surface area (Å²) in [6.07, 6.45) is 0.943. The summed E-state index contributed by atoms with van der Waals surface area (Å²) in [5.74, 6) is -0.221. The Kier molecular flexibility index (Phi) is 7.78. The van der Waals surface area contributed by atoms with Crippen molar-refractivity contribution in [2.45, 2.75) is 26.4 Å². The molecule has 2 N–H and O–H groups in total. The van der Waals surface area contributed by atoms with E-state index in [1.807, 2.05) is 13.8 Å². The molecule has 25 heavy (non-hydrogen) atoms. The molecule has 0 saturated carbocycles. The number of halogens is 3. The van der Waals surface area contributed by atoms with Crippen molar-refractivity contribution >= 4 is 62.9 Å². The number of carbonyl (C=O) groups is 1. The van der Waals surface area contributed by atoms with E-state index in [0.29, 0.717) is 44.7 Å². The number of nitrogens with zero attached hydrogens (tertiary/aromatic N) is 1. The summed E-state index contributed by atoms with van der Waals surface area (Å²) in [5, 5.41) is 9.10. The highest BCUT2D eigenvalue weighted by molar-refractivity contribution is 7.14. The Bertz CT molecular complexity index is 714. The molecule has 9 heteroatoms. The molecule has 0 spiro atoms. The molecule has 2 rings (SSSR count). The Labute approximate surface area is 165 Å². The van der Waals surface area contributed by atoms with E-state index < -0.39 is 0 Å². The fourth-order valence-corrected chi connectivity index (χ4v) is 3.18. The molecule has 0 saturated heterocycles. The summed E-state index contributed by atoms with van der Waals surface area (Å²) in [6.45, 7) is 5.10. The number of thiazole rings is 1. The zero-order valence-electron chi connectivity index (χ0n) is 13.7. The van der Waals surface area contributed by atoms with Gasteiger partial charge in [-0.15, -0.1) is 11.3 Å². The third-order valence-corrected chi connectivity index (χ3v) is 4.98. The molecule has 0 aliphatic carbocycles. The van der Waals surface area contributed by atoms with Crippen LogP contribution < -0.4 is 10.6 Å². The molecule has 5 nitrogen and oxygen atoms in total. The quantitative estimate of drug-likeness (QED) is 0.442. The standard InChI is InChI=1S/C16H18Cl3N3O2S/c1-9(2)24-5-3-4-20-15(23)13-8-25-16(22-13)21-10-6-11(17)14(19)12(18)7-10/h6-9H,3-5H2,1-2H3,(H,20,23)(H,21,22). The van der Waals surface area contributed by atoms with Crippen LogP contribution in [-0.2, 0) is 4.74 Å². The topological polar surface area (TPSA) is 63.2 Å². The van der Waals surface area contributed by atoms with Crippen LogP contribution in [-0.4, -0.2) is 30.1 Å². The molecule has 136 valence electrons. The van der Waals surface area contributed by atoms with Crippen LogP contribution in [0.15, 0.2) is 17.5 Å². The van der Waals surface area contributed by atoms with Crippen LogP contribution in [0.25, 0.3) is 0 Å². The van der Waals surface area contributed by atoms with Crippen molar-refractivity contribution in [2.24, 2.45) is 0 Å². The van der Waals surface area contributed by atoms with Gasteiger partial charge in [-0.25, -0.2) is 4.98 Å². The Morgan fingerprint density at radius 3 is 2.60 bits per heavy atom. The van der Waals surface area contributed by atoms with Gasteiger partial charge >= 0.3 is 0 Å². The van der Waals surface area contributed by atoms with Gasteiger partial charge in [-0.05, 0) is 32.4 Å². The van der Waals surface area contributed by atoms with E-state index >= 15 is 0 Å². The van der Waals surface area contributed by atoms with E-state index in [9.17, 15) is 4.79 Å². The van der Waals surface area contributed by atoms with Gasteiger partial charge in [-0.1, -0.05) is 34.8 Å². The maximum absolute atomic E-state index is 12.1. The molecule has 0 aliphatic rings. The van der Waals surface area contributed by atoms with Gasteiger partial charge in [0.15, 0.2) is 5.13 Å². The van der Waals surface area contributed by atoms with E-state index in [1.165, 1.54) is 11.3 Å². The minimum absolute atomic E-state index is 0.192. The van der Waals surface area contributed by atoms with Gasteiger partial charge in [0.1, 0.15) is 5.69 Å². The Morgan fingerprint density at radius 1 is 1.28 bits per heavy atom. The number of carbonyl (C=O) groups excluding carboxylic acids is 1. The first-order valence-corrected chi connectivity index (χ1v) is 9.65. The molecule has 1 amide bonds. The fourth-order valence-electron chi connectivity index (χ4n) is 1.87. The van der Waals surface area contributed by atoms with Crippen molar-refractivity contribution in [3.8, 4) is 0 Å². The lowest BCUT2D eigenvalue weighted by Crippen LogP contribution is -2.25. The normalized spacial score (nSPS) is 11.0. The zero-order chi connectivity index (χ0) is 18.4. The van der Waals surface area contributed by atoms with Gasteiger partial charge in [0.05, 0.1) is 21.2 Å². The maximum Gasteiger partial charge on any atom is 0.270 e. The second-order valence-corrected chi connectivity index (χ2v) is 7.50. The second-order valence-electron chi connectivity index (χ2n) is 5.45. The van der Waals surface area contributed by atoms with E-state index in [2.05, 4.69) is 15.6 Å². The van der Waals surface area contributed by atoms with Crippen molar-refractivity contribution in [1.29, 1.82) is 0 Å². The van der Waals surface area contributed by atoms with E-state index in [4.69, 9.17) is 39.5 Å². The largest absolute Gasteiger partial charge is 0.379 e. The number of hydrogen-bond acceptors (Lipinski definition) is 5. The second kappa shape index (κ2) is 9.59. The van der Waals surface area contributed by atoms with Crippen LogP contribution in [0, 0.1) is 0 Å². The van der Waals surface area contributed by atoms with Crippen LogP contribution in [0.3, 0.4) is 0 Å². The van der Waals surface area contributed by atoms with Gasteiger partial charge in [0.25, 0.3) is 5.91 Å². The molecular formula is C16H18Cl3N3O2S. The Hall–Kier alpha value is -1.05. The summed E-state index contributed by atoms with van der Waals surface area (Å²) in [7, 11) is 0. The summed E-state index contributed by atoms with van der Waals surface area (Å²) >= 11 is 19.2. The van der Waals surface area contributed by atoms with Crippen molar-refractivity contribution in [2.75, 3.05) is 18.5 Å². The van der Waals surface area contributed by atoms with Gasteiger partial charge in [-0.2, -0.15) is 0 Å².